The molecule has 0 radical (unpaired) electrons. The van der Waals surface area contributed by atoms with Gasteiger partial charge in [-0.15, -0.1) is 0 Å². The molecular formula is C36H38N4O6. The number of hydrogen-bond donors (Lipinski definition) is 3. The van der Waals surface area contributed by atoms with Gasteiger partial charge in [0.1, 0.15) is 5.75 Å². The van der Waals surface area contributed by atoms with Crippen molar-refractivity contribution in [3.05, 3.63) is 120 Å². The van der Waals surface area contributed by atoms with Crippen molar-refractivity contribution >= 4 is 40.9 Å². The number of carbonyl (C=O) groups excluding carboxylic acids is 3. The summed E-state index contributed by atoms with van der Waals surface area (Å²) < 4.78 is 5.83. The molecule has 46 heavy (non-hydrogen) atoms. The predicted molar refractivity (Wildman–Crippen MR) is 178 cm³/mol. The molecule has 1 atom stereocenters. The summed E-state index contributed by atoms with van der Waals surface area (Å²) in [4.78, 5) is 53.1. The molecule has 0 bridgehead atoms. The number of urea groups is 1. The molecule has 0 heterocycles. The summed E-state index contributed by atoms with van der Waals surface area (Å²) in [6.45, 7) is 1.99. The molecule has 4 rings (SSSR count). The van der Waals surface area contributed by atoms with Crippen LogP contribution in [0.1, 0.15) is 30.4 Å². The molecule has 3 N–H and O–H groups in total. The van der Waals surface area contributed by atoms with Gasteiger partial charge in [-0.2, -0.15) is 0 Å². The van der Waals surface area contributed by atoms with Crippen molar-refractivity contribution in [3.8, 4) is 5.75 Å². The Morgan fingerprint density at radius 1 is 0.804 bits per heavy atom. The first-order valence-electron chi connectivity index (χ1n) is 14.9. The number of amides is 4. The summed E-state index contributed by atoms with van der Waals surface area (Å²) in [5.41, 5.74) is 3.41. The van der Waals surface area contributed by atoms with Crippen LogP contribution in [0.2, 0.25) is 0 Å². The third-order valence-corrected chi connectivity index (χ3v) is 7.40. The lowest BCUT2D eigenvalue weighted by Crippen LogP contribution is -2.42. The van der Waals surface area contributed by atoms with Gasteiger partial charge < -0.3 is 30.3 Å². The highest BCUT2D eigenvalue weighted by Gasteiger charge is 2.20. The van der Waals surface area contributed by atoms with Crippen LogP contribution in [0.4, 0.5) is 21.9 Å². The second-order valence-electron chi connectivity index (χ2n) is 10.8. The van der Waals surface area contributed by atoms with E-state index in [2.05, 4.69) is 17.6 Å². The van der Waals surface area contributed by atoms with E-state index in [4.69, 9.17) is 9.84 Å². The van der Waals surface area contributed by atoms with Crippen LogP contribution in [-0.2, 0) is 20.8 Å². The molecule has 0 aromatic heterocycles. The second kappa shape index (κ2) is 16.4. The maximum absolute atomic E-state index is 13.6. The molecule has 10 heteroatoms. The van der Waals surface area contributed by atoms with Crippen molar-refractivity contribution in [1.82, 2.24) is 5.32 Å². The Labute approximate surface area is 268 Å². The van der Waals surface area contributed by atoms with E-state index in [1.165, 1.54) is 4.90 Å². The normalized spacial score (nSPS) is 11.2. The van der Waals surface area contributed by atoms with E-state index in [-0.39, 0.29) is 37.3 Å². The van der Waals surface area contributed by atoms with Gasteiger partial charge in [-0.3, -0.25) is 14.4 Å². The lowest BCUT2D eigenvalue weighted by molar-refractivity contribution is -0.136. The summed E-state index contributed by atoms with van der Waals surface area (Å²) >= 11 is 0. The van der Waals surface area contributed by atoms with E-state index < -0.39 is 12.0 Å². The number of likely N-dealkylation sites (N-methyl/N-ethyl adjacent to an activating group) is 1. The fourth-order valence-electron chi connectivity index (χ4n) is 4.81. The largest absolute Gasteiger partial charge is 0.484 e. The highest BCUT2D eigenvalue weighted by molar-refractivity contribution is 5.99. The van der Waals surface area contributed by atoms with Crippen molar-refractivity contribution < 1.29 is 29.0 Å². The van der Waals surface area contributed by atoms with E-state index >= 15 is 0 Å². The first-order valence-corrected chi connectivity index (χ1v) is 14.9. The fourth-order valence-corrected chi connectivity index (χ4v) is 4.81. The topological polar surface area (TPSA) is 128 Å². The Balaban J connectivity index is 1.43. The van der Waals surface area contributed by atoms with E-state index in [0.717, 1.165) is 11.3 Å². The number of carboxylic acids is 1. The number of nitrogens with zero attached hydrogens (tertiary/aromatic N) is 2. The number of para-hydroxylation sites is 1. The molecule has 0 fully saturated rings. The van der Waals surface area contributed by atoms with Crippen LogP contribution in [0, 0.1) is 0 Å². The number of carboxylic acid groups (broad SMARTS) is 1. The third kappa shape index (κ3) is 9.95. The van der Waals surface area contributed by atoms with Gasteiger partial charge in [0.15, 0.2) is 6.61 Å². The molecule has 4 amide bonds. The zero-order valence-corrected chi connectivity index (χ0v) is 25.9. The standard InChI is InChI=1S/C36H38N4O6/c1-26(28-12-5-3-6-13-28)19-20-40(33(41)24-37-36(45)38-29-14-9-11-27(21-29)22-35(43)44)31-17-10-18-32(23-31)46-25-34(42)39(2)30-15-7-4-8-16-30/h3-18,21,23,26H,19-20,22,24-25H2,1-2H3,(H,43,44)(H2,37,38,45). The monoisotopic (exact) mass is 622 g/mol. The van der Waals surface area contributed by atoms with Crippen molar-refractivity contribution in [2.45, 2.75) is 25.7 Å². The molecule has 238 valence electrons. The van der Waals surface area contributed by atoms with E-state index in [1.54, 1.807) is 60.5 Å². The molecule has 4 aromatic rings. The molecule has 0 saturated heterocycles. The number of aliphatic carboxylic acids is 1. The first kappa shape index (κ1) is 33.3. The lowest BCUT2D eigenvalue weighted by Gasteiger charge is -2.25. The average molecular weight is 623 g/mol. The van der Waals surface area contributed by atoms with Gasteiger partial charge in [0, 0.05) is 36.7 Å². The average Bonchev–Trinajstić information content (AvgIpc) is 3.06. The maximum atomic E-state index is 13.6. The number of benzene rings is 4. The smallest absolute Gasteiger partial charge is 0.319 e. The molecule has 4 aromatic carbocycles. The Morgan fingerprint density at radius 2 is 1.48 bits per heavy atom. The van der Waals surface area contributed by atoms with Gasteiger partial charge in [-0.1, -0.05) is 73.7 Å². The summed E-state index contributed by atoms with van der Waals surface area (Å²) in [6.07, 6.45) is 0.483. The Hall–Kier alpha value is -5.64. The van der Waals surface area contributed by atoms with Crippen LogP contribution >= 0.6 is 0 Å². The molecule has 0 aliphatic heterocycles. The lowest BCUT2D eigenvalue weighted by atomic mass is 9.97. The van der Waals surface area contributed by atoms with Gasteiger partial charge in [-0.25, -0.2) is 4.79 Å². The van der Waals surface area contributed by atoms with E-state index in [9.17, 15) is 19.2 Å². The minimum atomic E-state index is -0.977. The predicted octanol–water partition coefficient (Wildman–Crippen LogP) is 5.70. The first-order chi connectivity index (χ1) is 22.2. The number of carbonyl (C=O) groups is 4. The minimum absolute atomic E-state index is 0.163. The van der Waals surface area contributed by atoms with Gasteiger partial charge in [-0.05, 0) is 59.9 Å². The number of rotatable bonds is 14. The van der Waals surface area contributed by atoms with Crippen molar-refractivity contribution in [3.63, 3.8) is 0 Å². The van der Waals surface area contributed by atoms with Gasteiger partial charge in [0.2, 0.25) is 5.91 Å². The van der Waals surface area contributed by atoms with Crippen molar-refractivity contribution in [2.75, 3.05) is 41.9 Å². The summed E-state index contributed by atoms with van der Waals surface area (Å²) in [6, 6.07) is 32.1. The van der Waals surface area contributed by atoms with Crippen molar-refractivity contribution in [2.24, 2.45) is 0 Å². The Morgan fingerprint density at radius 3 is 2.20 bits per heavy atom. The molecule has 0 spiro atoms. The van der Waals surface area contributed by atoms with E-state index in [0.29, 0.717) is 35.7 Å². The zero-order chi connectivity index (χ0) is 32.9. The van der Waals surface area contributed by atoms with Crippen LogP contribution in [-0.4, -0.2) is 55.7 Å². The summed E-state index contributed by atoms with van der Waals surface area (Å²) in [5, 5.41) is 14.3. The minimum Gasteiger partial charge on any atom is -0.484 e. The Kier molecular flexibility index (Phi) is 11.9. The summed E-state index contributed by atoms with van der Waals surface area (Å²) in [5.74, 6) is -0.962. The van der Waals surface area contributed by atoms with Gasteiger partial charge >= 0.3 is 12.0 Å². The van der Waals surface area contributed by atoms with Gasteiger partial charge in [0.05, 0.1) is 13.0 Å². The number of nitrogens with one attached hydrogen (secondary N) is 2. The molecular weight excluding hydrogens is 584 g/mol. The third-order valence-electron chi connectivity index (χ3n) is 7.40. The zero-order valence-electron chi connectivity index (χ0n) is 25.9. The number of ether oxygens (including phenoxy) is 1. The number of hydrogen-bond acceptors (Lipinski definition) is 5. The molecule has 0 aliphatic rings. The highest BCUT2D eigenvalue weighted by Crippen LogP contribution is 2.25. The summed E-state index contributed by atoms with van der Waals surface area (Å²) in [7, 11) is 1.68. The highest BCUT2D eigenvalue weighted by atomic mass is 16.5. The second-order valence-corrected chi connectivity index (χ2v) is 10.8. The van der Waals surface area contributed by atoms with Crippen molar-refractivity contribution in [1.29, 1.82) is 0 Å². The Bertz CT molecular complexity index is 1630. The SMILES string of the molecule is CC(CCN(C(=O)CNC(=O)Nc1cccc(CC(=O)O)c1)c1cccc(OCC(=O)N(C)c2ccccc2)c1)c1ccccc1. The molecule has 0 saturated carbocycles. The van der Waals surface area contributed by atoms with Crippen LogP contribution in [0.15, 0.2) is 109 Å². The molecule has 10 nitrogen and oxygen atoms in total. The van der Waals surface area contributed by atoms with Gasteiger partial charge in [0.25, 0.3) is 5.91 Å². The maximum Gasteiger partial charge on any atom is 0.319 e. The van der Waals surface area contributed by atoms with Crippen LogP contribution in [0.25, 0.3) is 0 Å². The number of anilines is 3. The van der Waals surface area contributed by atoms with E-state index in [1.807, 2.05) is 60.7 Å². The van der Waals surface area contributed by atoms with Crippen LogP contribution in [0.5, 0.6) is 5.75 Å². The van der Waals surface area contributed by atoms with Crippen LogP contribution in [0.3, 0.4) is 0 Å². The molecule has 0 aliphatic carbocycles. The quantitative estimate of drug-likeness (QED) is 0.165. The molecule has 1 unspecified atom stereocenters. The fraction of sp³-hybridized carbons (Fsp3) is 0.222. The van der Waals surface area contributed by atoms with Crippen LogP contribution < -0.4 is 25.2 Å².